The largest absolute Gasteiger partial charge is 0.0823 e. The monoisotopic (exact) mass is 270 g/mol. The van der Waals surface area contributed by atoms with Crippen LogP contribution in [-0.4, -0.2) is 3.42 Å². The van der Waals surface area contributed by atoms with Crippen molar-refractivity contribution in [2.75, 3.05) is 0 Å². The summed E-state index contributed by atoms with van der Waals surface area (Å²) in [4.78, 5) is 0. The standard InChI is InChI=1S/C11H11I/c1-9-5-4-8-11(12)7-3-2-6-10(9)11/h2-7H,8H2,1H3. The van der Waals surface area contributed by atoms with Gasteiger partial charge in [-0.05, 0) is 24.5 Å². The molecule has 0 N–H and O–H groups in total. The van der Waals surface area contributed by atoms with E-state index in [4.69, 9.17) is 0 Å². The van der Waals surface area contributed by atoms with Crippen LogP contribution < -0.4 is 0 Å². The summed E-state index contributed by atoms with van der Waals surface area (Å²) in [6.07, 6.45) is 14.4. The van der Waals surface area contributed by atoms with Crippen LogP contribution in [0.1, 0.15) is 13.3 Å². The lowest BCUT2D eigenvalue weighted by atomic mass is 9.85. The predicted octanol–water partition coefficient (Wildman–Crippen LogP) is 3.56. The Bertz CT molecular complexity index is 318. The summed E-state index contributed by atoms with van der Waals surface area (Å²) in [6, 6.07) is 0. The number of rotatable bonds is 0. The van der Waals surface area contributed by atoms with Gasteiger partial charge in [0, 0.05) is 0 Å². The van der Waals surface area contributed by atoms with Gasteiger partial charge in [0.1, 0.15) is 0 Å². The van der Waals surface area contributed by atoms with Crippen molar-refractivity contribution in [3.8, 4) is 0 Å². The van der Waals surface area contributed by atoms with Crippen LogP contribution in [0.25, 0.3) is 0 Å². The topological polar surface area (TPSA) is 0 Å². The van der Waals surface area contributed by atoms with Gasteiger partial charge in [-0.2, -0.15) is 0 Å². The number of halogens is 1. The Labute approximate surface area is 86.9 Å². The third-order valence-corrected chi connectivity index (χ3v) is 3.77. The average Bonchev–Trinajstić information content (AvgIpc) is 2.04. The maximum Gasteiger partial charge on any atom is 0.0689 e. The van der Waals surface area contributed by atoms with Gasteiger partial charge in [-0.15, -0.1) is 0 Å². The summed E-state index contributed by atoms with van der Waals surface area (Å²) in [5, 5.41) is 0. The first-order valence-electron chi connectivity index (χ1n) is 4.15. The molecule has 1 unspecified atom stereocenters. The Hall–Kier alpha value is -0.310. The first-order chi connectivity index (χ1) is 5.72. The maximum absolute atomic E-state index is 2.54. The Balaban J connectivity index is 2.53. The van der Waals surface area contributed by atoms with E-state index in [0.29, 0.717) is 0 Å². The summed E-state index contributed by atoms with van der Waals surface area (Å²) in [7, 11) is 0. The van der Waals surface area contributed by atoms with Gasteiger partial charge in [-0.1, -0.05) is 59.0 Å². The first-order valence-corrected chi connectivity index (χ1v) is 5.23. The van der Waals surface area contributed by atoms with Gasteiger partial charge in [0.05, 0.1) is 3.42 Å². The predicted molar refractivity (Wildman–Crippen MR) is 61.5 cm³/mol. The maximum atomic E-state index is 2.54. The van der Waals surface area contributed by atoms with Gasteiger partial charge >= 0.3 is 0 Å². The zero-order valence-electron chi connectivity index (χ0n) is 7.05. The molecular formula is C11H11I. The van der Waals surface area contributed by atoms with Gasteiger partial charge in [0.2, 0.25) is 0 Å². The summed E-state index contributed by atoms with van der Waals surface area (Å²) in [6.45, 7) is 2.18. The fourth-order valence-electron chi connectivity index (χ4n) is 1.72. The van der Waals surface area contributed by atoms with Crippen molar-refractivity contribution in [2.24, 2.45) is 0 Å². The third kappa shape index (κ3) is 1.20. The molecule has 0 spiro atoms. The molecule has 12 heavy (non-hydrogen) atoms. The van der Waals surface area contributed by atoms with E-state index < -0.39 is 0 Å². The third-order valence-electron chi connectivity index (χ3n) is 2.39. The van der Waals surface area contributed by atoms with Crippen molar-refractivity contribution >= 4 is 22.6 Å². The molecule has 0 saturated carbocycles. The van der Waals surface area contributed by atoms with Crippen LogP contribution in [0.5, 0.6) is 0 Å². The van der Waals surface area contributed by atoms with Crippen LogP contribution >= 0.6 is 22.6 Å². The van der Waals surface area contributed by atoms with Crippen LogP contribution in [0, 0.1) is 0 Å². The molecule has 0 amide bonds. The summed E-state index contributed by atoms with van der Waals surface area (Å²) in [5.41, 5.74) is 2.87. The van der Waals surface area contributed by atoms with E-state index in [1.807, 2.05) is 0 Å². The van der Waals surface area contributed by atoms with Crippen LogP contribution in [0.3, 0.4) is 0 Å². The molecular weight excluding hydrogens is 259 g/mol. The molecule has 0 nitrogen and oxygen atoms in total. The molecule has 0 aromatic heterocycles. The highest BCUT2D eigenvalue weighted by molar-refractivity contribution is 14.1. The van der Waals surface area contributed by atoms with Crippen LogP contribution in [0.4, 0.5) is 0 Å². The molecule has 0 aromatic rings. The zero-order chi connectivity index (χ0) is 8.60. The van der Waals surface area contributed by atoms with Gasteiger partial charge in [0.15, 0.2) is 0 Å². The molecule has 0 radical (unpaired) electrons. The molecule has 1 heteroatoms. The lowest BCUT2D eigenvalue weighted by Gasteiger charge is -2.30. The zero-order valence-corrected chi connectivity index (χ0v) is 9.21. The van der Waals surface area contributed by atoms with Gasteiger partial charge < -0.3 is 0 Å². The number of allylic oxidation sites excluding steroid dienone is 8. The molecule has 2 aliphatic rings. The summed E-state index contributed by atoms with van der Waals surface area (Å²) in [5.74, 6) is 0. The quantitative estimate of drug-likeness (QED) is 0.466. The van der Waals surface area contributed by atoms with E-state index >= 15 is 0 Å². The van der Waals surface area contributed by atoms with Crippen molar-refractivity contribution in [2.45, 2.75) is 16.8 Å². The lowest BCUT2D eigenvalue weighted by Crippen LogP contribution is -2.23. The number of hydrogen-bond donors (Lipinski definition) is 0. The highest BCUT2D eigenvalue weighted by Gasteiger charge is 2.29. The molecule has 0 fully saturated rings. The van der Waals surface area contributed by atoms with Crippen molar-refractivity contribution in [3.05, 3.63) is 47.6 Å². The number of fused-ring (bicyclic) bond motifs is 1. The Kier molecular flexibility index (Phi) is 1.99. The summed E-state index contributed by atoms with van der Waals surface area (Å²) < 4.78 is 0.241. The second-order valence-electron chi connectivity index (χ2n) is 3.28. The molecule has 2 rings (SSSR count). The van der Waals surface area contributed by atoms with E-state index in [-0.39, 0.29) is 3.42 Å². The van der Waals surface area contributed by atoms with E-state index in [0.717, 1.165) is 6.42 Å². The second-order valence-corrected chi connectivity index (χ2v) is 5.21. The highest BCUT2D eigenvalue weighted by Crippen LogP contribution is 2.41. The molecule has 0 aliphatic heterocycles. The minimum atomic E-state index is 0.241. The molecule has 0 aromatic carbocycles. The number of hydrogen-bond acceptors (Lipinski definition) is 0. The fourth-order valence-corrected chi connectivity index (χ4v) is 2.79. The fraction of sp³-hybridized carbons (Fsp3) is 0.273. The highest BCUT2D eigenvalue weighted by atomic mass is 127. The first kappa shape index (κ1) is 8.30. The van der Waals surface area contributed by atoms with Crippen molar-refractivity contribution in [1.29, 1.82) is 0 Å². The number of alkyl halides is 1. The average molecular weight is 270 g/mol. The molecule has 62 valence electrons. The van der Waals surface area contributed by atoms with Crippen LogP contribution in [0.15, 0.2) is 47.6 Å². The molecule has 2 aliphatic carbocycles. The van der Waals surface area contributed by atoms with Gasteiger partial charge in [0.25, 0.3) is 0 Å². The van der Waals surface area contributed by atoms with E-state index in [2.05, 4.69) is 66.0 Å². The van der Waals surface area contributed by atoms with Crippen molar-refractivity contribution in [1.82, 2.24) is 0 Å². The molecule has 0 bridgehead atoms. The van der Waals surface area contributed by atoms with Gasteiger partial charge in [-0.25, -0.2) is 0 Å². The Morgan fingerprint density at radius 2 is 2.17 bits per heavy atom. The minimum Gasteiger partial charge on any atom is -0.0823 e. The Morgan fingerprint density at radius 3 is 2.92 bits per heavy atom. The molecule has 1 atom stereocenters. The Morgan fingerprint density at radius 1 is 1.33 bits per heavy atom. The van der Waals surface area contributed by atoms with E-state index in [9.17, 15) is 0 Å². The smallest absolute Gasteiger partial charge is 0.0689 e. The van der Waals surface area contributed by atoms with Crippen LogP contribution in [0.2, 0.25) is 0 Å². The van der Waals surface area contributed by atoms with Gasteiger partial charge in [-0.3, -0.25) is 0 Å². The van der Waals surface area contributed by atoms with Crippen molar-refractivity contribution < 1.29 is 0 Å². The SMILES string of the molecule is CC1=C2C=CC=CC2(I)CC=C1. The normalized spacial score (nSPS) is 32.5. The molecule has 0 saturated heterocycles. The van der Waals surface area contributed by atoms with Crippen LogP contribution in [-0.2, 0) is 0 Å². The van der Waals surface area contributed by atoms with E-state index in [1.165, 1.54) is 11.1 Å². The lowest BCUT2D eigenvalue weighted by molar-refractivity contribution is 0.861. The second kappa shape index (κ2) is 2.87. The van der Waals surface area contributed by atoms with Crippen molar-refractivity contribution in [3.63, 3.8) is 0 Å². The molecule has 0 heterocycles. The summed E-state index contributed by atoms with van der Waals surface area (Å²) >= 11 is 2.54. The van der Waals surface area contributed by atoms with E-state index in [1.54, 1.807) is 0 Å². The minimum absolute atomic E-state index is 0.241.